The predicted octanol–water partition coefficient (Wildman–Crippen LogP) is 1.26. The predicted molar refractivity (Wildman–Crippen MR) is 42.1 cm³/mol. The molecule has 0 fully saturated rings. The Morgan fingerprint density at radius 1 is 1.67 bits per heavy atom. The zero-order valence-corrected chi connectivity index (χ0v) is 7.18. The van der Waals surface area contributed by atoms with E-state index in [0.717, 1.165) is 0 Å². The van der Waals surface area contributed by atoms with Gasteiger partial charge in [0.05, 0.1) is 9.99 Å². The molecule has 2 nitrogen and oxygen atoms in total. The van der Waals surface area contributed by atoms with Gasteiger partial charge in [-0.05, 0) is 6.26 Å². The molecule has 0 aliphatic heterocycles. The highest BCUT2D eigenvalue weighted by Crippen LogP contribution is 2.16. The highest BCUT2D eigenvalue weighted by molar-refractivity contribution is 8.18. The maximum Gasteiger partial charge on any atom is 0.183 e. The van der Waals surface area contributed by atoms with Gasteiger partial charge in [-0.15, -0.1) is 11.8 Å². The van der Waals surface area contributed by atoms with Crippen molar-refractivity contribution in [2.45, 2.75) is 6.92 Å². The van der Waals surface area contributed by atoms with Gasteiger partial charge in [-0.25, -0.2) is 8.42 Å². The van der Waals surface area contributed by atoms with Crippen molar-refractivity contribution in [3.05, 3.63) is 10.8 Å². The lowest BCUT2D eigenvalue weighted by molar-refractivity contribution is 0.605. The van der Waals surface area contributed by atoms with E-state index in [-0.39, 0.29) is 9.99 Å². The van der Waals surface area contributed by atoms with E-state index in [1.165, 1.54) is 11.8 Å². The number of sulfone groups is 1. The standard InChI is InChI=1S/C5H10O2S2/c1-4-9(6,7)5(2)8-3/h2,4H2,1,3H3. The lowest BCUT2D eigenvalue weighted by Crippen LogP contribution is -2.02. The van der Waals surface area contributed by atoms with Gasteiger partial charge < -0.3 is 0 Å². The fourth-order valence-corrected chi connectivity index (χ4v) is 1.98. The largest absolute Gasteiger partial charge is 0.223 e. The van der Waals surface area contributed by atoms with E-state index in [1.807, 2.05) is 0 Å². The van der Waals surface area contributed by atoms with Crippen LogP contribution in [0.25, 0.3) is 0 Å². The molecule has 0 aromatic rings. The molecular weight excluding hydrogens is 156 g/mol. The smallest absolute Gasteiger partial charge is 0.183 e. The van der Waals surface area contributed by atoms with Crippen molar-refractivity contribution in [3.63, 3.8) is 0 Å². The first kappa shape index (κ1) is 9.04. The Labute approximate surface area is 60.3 Å². The highest BCUT2D eigenvalue weighted by Gasteiger charge is 2.09. The summed E-state index contributed by atoms with van der Waals surface area (Å²) in [5.74, 6) is 0.146. The maximum atomic E-state index is 10.8. The van der Waals surface area contributed by atoms with Crippen molar-refractivity contribution in [2.75, 3.05) is 12.0 Å². The van der Waals surface area contributed by atoms with Crippen LogP contribution in [0, 0.1) is 0 Å². The van der Waals surface area contributed by atoms with Crippen LogP contribution in [-0.2, 0) is 9.84 Å². The Kier molecular flexibility index (Phi) is 3.28. The van der Waals surface area contributed by atoms with Crippen molar-refractivity contribution in [1.29, 1.82) is 0 Å². The summed E-state index contributed by atoms with van der Waals surface area (Å²) >= 11 is 1.17. The summed E-state index contributed by atoms with van der Waals surface area (Å²) in [6.07, 6.45) is 1.70. The monoisotopic (exact) mass is 166 g/mol. The minimum absolute atomic E-state index is 0.146. The molecule has 0 aromatic heterocycles. The summed E-state index contributed by atoms with van der Waals surface area (Å²) in [6.45, 7) is 5.00. The molecule has 0 heterocycles. The minimum Gasteiger partial charge on any atom is -0.223 e. The van der Waals surface area contributed by atoms with Crippen molar-refractivity contribution < 1.29 is 8.42 Å². The molecular formula is C5H10O2S2. The van der Waals surface area contributed by atoms with Gasteiger partial charge in [-0.3, -0.25) is 0 Å². The van der Waals surface area contributed by atoms with E-state index in [0.29, 0.717) is 0 Å². The highest BCUT2D eigenvalue weighted by atomic mass is 32.3. The van der Waals surface area contributed by atoms with Gasteiger partial charge in [0.2, 0.25) is 0 Å². The van der Waals surface area contributed by atoms with Crippen molar-refractivity contribution in [2.24, 2.45) is 0 Å². The van der Waals surface area contributed by atoms with Gasteiger partial charge in [-0.2, -0.15) is 0 Å². The van der Waals surface area contributed by atoms with Gasteiger partial charge in [0.1, 0.15) is 0 Å². The fraction of sp³-hybridized carbons (Fsp3) is 0.600. The average Bonchev–Trinajstić information content (AvgIpc) is 1.86. The van der Waals surface area contributed by atoms with Crippen LogP contribution in [0.1, 0.15) is 6.92 Å². The number of hydrogen-bond donors (Lipinski definition) is 0. The second-order valence-electron chi connectivity index (χ2n) is 1.48. The van der Waals surface area contributed by atoms with Gasteiger partial charge in [0.15, 0.2) is 9.84 Å². The molecule has 0 amide bonds. The molecule has 0 radical (unpaired) electrons. The topological polar surface area (TPSA) is 34.1 Å². The van der Waals surface area contributed by atoms with Crippen LogP contribution < -0.4 is 0 Å². The van der Waals surface area contributed by atoms with Crippen LogP contribution in [-0.4, -0.2) is 20.4 Å². The quantitative estimate of drug-likeness (QED) is 0.633. The molecule has 0 aliphatic rings. The van der Waals surface area contributed by atoms with Crippen LogP contribution in [0.5, 0.6) is 0 Å². The summed E-state index contributed by atoms with van der Waals surface area (Å²) in [5.41, 5.74) is 0. The number of rotatable bonds is 3. The summed E-state index contributed by atoms with van der Waals surface area (Å²) in [4.78, 5) is 0. The minimum atomic E-state index is -2.98. The van der Waals surface area contributed by atoms with Crippen LogP contribution in [0.2, 0.25) is 0 Å². The van der Waals surface area contributed by atoms with E-state index >= 15 is 0 Å². The third-order valence-corrected chi connectivity index (χ3v) is 4.13. The molecule has 0 spiro atoms. The first-order chi connectivity index (χ1) is 4.04. The second kappa shape index (κ2) is 3.27. The fourth-order valence-electron chi connectivity index (χ4n) is 0.288. The van der Waals surface area contributed by atoms with Crippen molar-refractivity contribution in [1.82, 2.24) is 0 Å². The Bertz CT molecular complexity index is 191. The molecule has 54 valence electrons. The summed E-state index contributed by atoms with van der Waals surface area (Å²) in [5, 5.41) is 0. The van der Waals surface area contributed by atoms with E-state index in [4.69, 9.17) is 0 Å². The van der Waals surface area contributed by atoms with Crippen LogP contribution in [0.3, 0.4) is 0 Å². The summed E-state index contributed by atoms with van der Waals surface area (Å²) in [7, 11) is -2.98. The third kappa shape index (κ3) is 2.41. The van der Waals surface area contributed by atoms with E-state index in [1.54, 1.807) is 13.2 Å². The molecule has 0 rings (SSSR count). The molecule has 9 heavy (non-hydrogen) atoms. The van der Waals surface area contributed by atoms with E-state index in [9.17, 15) is 8.42 Å². The molecule has 0 unspecified atom stereocenters. The van der Waals surface area contributed by atoms with Crippen LogP contribution >= 0.6 is 11.8 Å². The lowest BCUT2D eigenvalue weighted by atomic mass is 11.0. The Morgan fingerprint density at radius 2 is 2.11 bits per heavy atom. The third-order valence-electron chi connectivity index (χ3n) is 0.955. The Hall–Kier alpha value is 0.0400. The zero-order chi connectivity index (χ0) is 7.49. The average molecular weight is 166 g/mol. The first-order valence-electron chi connectivity index (χ1n) is 2.50. The molecule has 0 bridgehead atoms. The number of hydrogen-bond acceptors (Lipinski definition) is 3. The van der Waals surface area contributed by atoms with Crippen molar-refractivity contribution >= 4 is 21.6 Å². The van der Waals surface area contributed by atoms with E-state index in [2.05, 4.69) is 6.58 Å². The van der Waals surface area contributed by atoms with Crippen LogP contribution in [0.4, 0.5) is 0 Å². The SMILES string of the molecule is C=C(SC)S(=O)(=O)CC. The maximum absolute atomic E-state index is 10.8. The molecule has 0 aliphatic carbocycles. The normalized spacial score (nSPS) is 11.3. The van der Waals surface area contributed by atoms with Gasteiger partial charge in [0.25, 0.3) is 0 Å². The summed E-state index contributed by atoms with van der Waals surface area (Å²) in [6, 6.07) is 0. The number of thioether (sulfide) groups is 1. The first-order valence-corrected chi connectivity index (χ1v) is 5.38. The Morgan fingerprint density at radius 3 is 2.22 bits per heavy atom. The van der Waals surface area contributed by atoms with Gasteiger partial charge in [0, 0.05) is 0 Å². The van der Waals surface area contributed by atoms with Gasteiger partial charge >= 0.3 is 0 Å². The lowest BCUT2D eigenvalue weighted by Gasteiger charge is -1.98. The second-order valence-corrected chi connectivity index (χ2v) is 4.94. The molecule has 0 saturated carbocycles. The van der Waals surface area contributed by atoms with E-state index < -0.39 is 9.84 Å². The zero-order valence-electron chi connectivity index (χ0n) is 5.55. The molecule has 4 heteroatoms. The molecule has 0 aromatic carbocycles. The molecule has 0 saturated heterocycles. The van der Waals surface area contributed by atoms with Crippen LogP contribution in [0.15, 0.2) is 10.8 Å². The summed E-state index contributed by atoms with van der Waals surface area (Å²) < 4.78 is 21.9. The molecule has 0 N–H and O–H groups in total. The Balaban J connectivity index is 4.37. The molecule has 0 atom stereocenters. The van der Waals surface area contributed by atoms with Gasteiger partial charge in [-0.1, -0.05) is 13.5 Å². The van der Waals surface area contributed by atoms with Crippen molar-refractivity contribution in [3.8, 4) is 0 Å².